The van der Waals surface area contributed by atoms with Crippen LogP contribution in [0.2, 0.25) is 5.02 Å². The molecule has 4 nitrogen and oxygen atoms in total. The minimum Gasteiger partial charge on any atom is -0.494 e. The van der Waals surface area contributed by atoms with Gasteiger partial charge in [0.25, 0.3) is 11.8 Å². The predicted molar refractivity (Wildman–Crippen MR) is 116 cm³/mol. The fourth-order valence-corrected chi connectivity index (χ4v) is 4.04. The lowest BCUT2D eigenvalue weighted by atomic mass is 10.1. The maximum absolute atomic E-state index is 13.3. The Balaban J connectivity index is 2.02. The normalized spacial score (nSPS) is 14.2. The molecule has 0 saturated heterocycles. The van der Waals surface area contributed by atoms with Crippen molar-refractivity contribution in [2.24, 2.45) is 0 Å². The van der Waals surface area contributed by atoms with Gasteiger partial charge in [-0.15, -0.1) is 11.8 Å². The number of anilines is 1. The molecule has 1 aliphatic rings. The molecule has 1 heterocycles. The highest BCUT2D eigenvalue weighted by atomic mass is 35.5. The maximum Gasteiger partial charge on any atom is 0.272 e. The summed E-state index contributed by atoms with van der Waals surface area (Å²) in [6.45, 7) is 6.50. The minimum atomic E-state index is -0.325. The number of carbonyl (C=O) groups excluding carboxylic acids is 2. The number of hydrogen-bond donors (Lipinski definition) is 0. The molecule has 0 aliphatic carbocycles. The summed E-state index contributed by atoms with van der Waals surface area (Å²) in [6, 6.07) is 12.5. The van der Waals surface area contributed by atoms with Crippen LogP contribution in [0.15, 0.2) is 47.4 Å². The van der Waals surface area contributed by atoms with Crippen LogP contribution in [0.5, 0.6) is 5.75 Å². The van der Waals surface area contributed by atoms with Crippen molar-refractivity contribution in [2.45, 2.75) is 27.2 Å². The van der Waals surface area contributed by atoms with Crippen LogP contribution >= 0.6 is 23.4 Å². The van der Waals surface area contributed by atoms with E-state index in [4.69, 9.17) is 16.3 Å². The third kappa shape index (κ3) is 3.96. The van der Waals surface area contributed by atoms with E-state index in [9.17, 15) is 9.59 Å². The second kappa shape index (κ2) is 8.84. The lowest BCUT2D eigenvalue weighted by Gasteiger charge is -2.18. The molecular weight excluding hydrogens is 394 g/mol. The Labute approximate surface area is 174 Å². The largest absolute Gasteiger partial charge is 0.494 e. The van der Waals surface area contributed by atoms with Crippen molar-refractivity contribution in [1.82, 2.24) is 0 Å². The summed E-state index contributed by atoms with van der Waals surface area (Å²) < 4.78 is 5.62. The van der Waals surface area contributed by atoms with Gasteiger partial charge in [-0.3, -0.25) is 9.59 Å². The topological polar surface area (TPSA) is 46.6 Å². The van der Waals surface area contributed by atoms with Gasteiger partial charge in [0.15, 0.2) is 0 Å². The molecule has 3 rings (SSSR count). The van der Waals surface area contributed by atoms with Crippen molar-refractivity contribution in [3.63, 3.8) is 0 Å². The first-order chi connectivity index (χ1) is 13.5. The third-order valence-electron chi connectivity index (χ3n) is 4.36. The predicted octanol–water partition coefficient (Wildman–Crippen LogP) is 5.47. The Kier molecular flexibility index (Phi) is 6.47. The van der Waals surface area contributed by atoms with Gasteiger partial charge in [-0.05, 0) is 54.5 Å². The fourth-order valence-electron chi connectivity index (χ4n) is 3.02. The molecule has 0 atom stereocenters. The molecule has 0 aromatic heterocycles. The average molecular weight is 416 g/mol. The molecule has 0 radical (unpaired) electrons. The summed E-state index contributed by atoms with van der Waals surface area (Å²) >= 11 is 7.50. The Morgan fingerprint density at radius 3 is 2.39 bits per heavy atom. The van der Waals surface area contributed by atoms with Crippen molar-refractivity contribution in [3.05, 3.63) is 63.5 Å². The molecule has 2 amide bonds. The number of ether oxygens (including phenoxy) is 1. The highest BCUT2D eigenvalue weighted by Gasteiger charge is 2.40. The smallest absolute Gasteiger partial charge is 0.272 e. The highest BCUT2D eigenvalue weighted by Crippen LogP contribution is 2.40. The van der Waals surface area contributed by atoms with E-state index < -0.39 is 0 Å². The monoisotopic (exact) mass is 415 g/mol. The maximum atomic E-state index is 13.3. The standard InChI is InChI=1S/C22H22ClNO3S/c1-4-12-27-17-10-7-15(8-11-17)19-20(28-5-2)22(26)24(21(19)25)18-13-16(23)9-6-14(18)3/h6-11,13H,4-5,12H2,1-3H3. The molecule has 0 N–H and O–H groups in total. The van der Waals surface area contributed by atoms with Gasteiger partial charge in [0.05, 0.1) is 22.8 Å². The number of nitrogens with zero attached hydrogens (tertiary/aromatic N) is 1. The van der Waals surface area contributed by atoms with Gasteiger partial charge in [0.1, 0.15) is 5.75 Å². The van der Waals surface area contributed by atoms with E-state index in [1.807, 2.05) is 51.1 Å². The molecule has 0 bridgehead atoms. The molecule has 146 valence electrons. The van der Waals surface area contributed by atoms with Gasteiger partial charge in [0, 0.05) is 5.02 Å². The van der Waals surface area contributed by atoms with E-state index in [0.29, 0.717) is 39.1 Å². The Morgan fingerprint density at radius 1 is 1.04 bits per heavy atom. The van der Waals surface area contributed by atoms with Crippen molar-refractivity contribution < 1.29 is 14.3 Å². The minimum absolute atomic E-state index is 0.302. The Bertz CT molecular complexity index is 937. The molecule has 2 aromatic rings. The van der Waals surface area contributed by atoms with Crippen LogP contribution in [0, 0.1) is 6.92 Å². The average Bonchev–Trinajstić information content (AvgIpc) is 2.93. The van der Waals surface area contributed by atoms with E-state index in [2.05, 4.69) is 0 Å². The number of carbonyl (C=O) groups is 2. The van der Waals surface area contributed by atoms with Crippen molar-refractivity contribution >= 4 is 46.4 Å². The summed E-state index contributed by atoms with van der Waals surface area (Å²) in [5.74, 6) is 0.810. The van der Waals surface area contributed by atoms with Crippen LogP contribution in [0.1, 0.15) is 31.4 Å². The van der Waals surface area contributed by atoms with Crippen molar-refractivity contribution in [2.75, 3.05) is 17.3 Å². The van der Waals surface area contributed by atoms with Gasteiger partial charge in [-0.2, -0.15) is 0 Å². The van der Waals surface area contributed by atoms with E-state index >= 15 is 0 Å². The molecule has 0 saturated carbocycles. The first-order valence-corrected chi connectivity index (χ1v) is 10.6. The zero-order valence-electron chi connectivity index (χ0n) is 16.1. The zero-order valence-corrected chi connectivity index (χ0v) is 17.7. The number of amides is 2. The lowest BCUT2D eigenvalue weighted by molar-refractivity contribution is -0.119. The number of rotatable bonds is 7. The molecule has 0 unspecified atom stereocenters. The van der Waals surface area contributed by atoms with E-state index in [-0.39, 0.29) is 11.8 Å². The summed E-state index contributed by atoms with van der Waals surface area (Å²) in [5.41, 5.74) is 2.48. The van der Waals surface area contributed by atoms with Crippen molar-refractivity contribution in [1.29, 1.82) is 0 Å². The van der Waals surface area contributed by atoms with Crippen LogP contribution in [-0.2, 0) is 9.59 Å². The summed E-state index contributed by atoms with van der Waals surface area (Å²) in [6.07, 6.45) is 0.922. The van der Waals surface area contributed by atoms with E-state index in [1.54, 1.807) is 12.1 Å². The SMILES string of the molecule is CCCOc1ccc(C2=C(SCC)C(=O)N(c3cc(Cl)ccc3C)C2=O)cc1. The van der Waals surface area contributed by atoms with E-state index in [0.717, 1.165) is 17.7 Å². The molecule has 2 aromatic carbocycles. The third-order valence-corrected chi connectivity index (χ3v) is 5.55. The van der Waals surface area contributed by atoms with Crippen LogP contribution in [0.25, 0.3) is 5.57 Å². The van der Waals surface area contributed by atoms with Gasteiger partial charge in [-0.1, -0.05) is 43.6 Å². The molecular formula is C22H22ClNO3S. The zero-order chi connectivity index (χ0) is 20.3. The summed E-state index contributed by atoms with van der Waals surface area (Å²) in [5, 5.41) is 0.483. The Morgan fingerprint density at radius 2 is 1.75 bits per heavy atom. The van der Waals surface area contributed by atoms with Gasteiger partial charge >= 0.3 is 0 Å². The molecule has 1 aliphatic heterocycles. The first-order valence-electron chi connectivity index (χ1n) is 9.23. The highest BCUT2D eigenvalue weighted by molar-refractivity contribution is 8.04. The number of benzene rings is 2. The fraction of sp³-hybridized carbons (Fsp3) is 0.273. The second-order valence-corrected chi connectivity index (χ2v) is 8.10. The number of halogens is 1. The summed E-state index contributed by atoms with van der Waals surface area (Å²) in [7, 11) is 0. The summed E-state index contributed by atoms with van der Waals surface area (Å²) in [4.78, 5) is 28.1. The van der Waals surface area contributed by atoms with Gasteiger partial charge in [0.2, 0.25) is 0 Å². The molecule has 28 heavy (non-hydrogen) atoms. The van der Waals surface area contributed by atoms with Crippen molar-refractivity contribution in [3.8, 4) is 5.75 Å². The number of hydrogen-bond acceptors (Lipinski definition) is 4. The quantitative estimate of drug-likeness (QED) is 0.562. The Hall–Kier alpha value is -2.24. The molecule has 0 spiro atoms. The number of thioether (sulfide) groups is 1. The lowest BCUT2D eigenvalue weighted by Crippen LogP contribution is -2.32. The van der Waals surface area contributed by atoms with Crippen LogP contribution in [-0.4, -0.2) is 24.2 Å². The van der Waals surface area contributed by atoms with Crippen LogP contribution in [0.3, 0.4) is 0 Å². The second-order valence-electron chi connectivity index (χ2n) is 6.39. The number of imide groups is 1. The van der Waals surface area contributed by atoms with Gasteiger partial charge < -0.3 is 4.74 Å². The molecule has 0 fully saturated rings. The molecule has 6 heteroatoms. The number of aryl methyl sites for hydroxylation is 1. The van der Waals surface area contributed by atoms with Crippen LogP contribution < -0.4 is 9.64 Å². The van der Waals surface area contributed by atoms with Gasteiger partial charge in [-0.25, -0.2) is 4.90 Å². The first kappa shape index (κ1) is 20.5. The van der Waals surface area contributed by atoms with Crippen LogP contribution in [0.4, 0.5) is 5.69 Å². The van der Waals surface area contributed by atoms with E-state index in [1.165, 1.54) is 16.7 Å².